The van der Waals surface area contributed by atoms with Crippen molar-refractivity contribution in [1.82, 2.24) is 9.47 Å². The van der Waals surface area contributed by atoms with E-state index in [4.69, 9.17) is 0 Å². The minimum Gasteiger partial charge on any atom is -0.365 e. The lowest BCUT2D eigenvalue weighted by Gasteiger charge is -2.43. The second-order valence-electron chi connectivity index (χ2n) is 8.86. The van der Waals surface area contributed by atoms with E-state index in [1.165, 1.54) is 6.07 Å². The van der Waals surface area contributed by atoms with Crippen molar-refractivity contribution in [1.29, 1.82) is 0 Å². The number of benzene rings is 1. The molecule has 0 N–H and O–H groups in total. The van der Waals surface area contributed by atoms with Gasteiger partial charge >= 0.3 is 0 Å². The highest BCUT2D eigenvalue weighted by atomic mass is 16.6. The summed E-state index contributed by atoms with van der Waals surface area (Å²) in [6.07, 6.45) is 2.66. The van der Waals surface area contributed by atoms with Gasteiger partial charge in [-0.3, -0.25) is 19.7 Å². The molecule has 1 saturated heterocycles. The van der Waals surface area contributed by atoms with Crippen LogP contribution in [0.25, 0.3) is 0 Å². The van der Waals surface area contributed by atoms with Gasteiger partial charge < -0.3 is 14.4 Å². The number of hydrogen-bond acceptors (Lipinski definition) is 5. The van der Waals surface area contributed by atoms with Crippen LogP contribution in [0.1, 0.15) is 55.1 Å². The van der Waals surface area contributed by atoms with Gasteiger partial charge in [0.2, 0.25) is 0 Å². The van der Waals surface area contributed by atoms with Gasteiger partial charge in [0.05, 0.1) is 4.92 Å². The number of carbonyl (C=O) groups is 1. The molecule has 2 atom stereocenters. The lowest BCUT2D eigenvalue weighted by molar-refractivity contribution is -0.384. The number of nitrogens with zero attached hydrogens (tertiary/aromatic N) is 4. The number of anilines is 1. The Morgan fingerprint density at radius 3 is 2.56 bits per heavy atom. The summed E-state index contributed by atoms with van der Waals surface area (Å²) in [6.45, 7) is 7.21. The highest BCUT2D eigenvalue weighted by Gasteiger charge is 2.36. The number of aromatic nitrogens is 1. The number of pyridine rings is 1. The van der Waals surface area contributed by atoms with E-state index in [9.17, 15) is 19.7 Å². The summed E-state index contributed by atoms with van der Waals surface area (Å²) in [4.78, 5) is 40.6. The van der Waals surface area contributed by atoms with Crippen molar-refractivity contribution in [2.24, 2.45) is 5.92 Å². The molecule has 0 aliphatic carbocycles. The average molecular weight is 439 g/mol. The number of piperidine rings is 1. The van der Waals surface area contributed by atoms with Gasteiger partial charge in [0, 0.05) is 62.0 Å². The molecule has 32 heavy (non-hydrogen) atoms. The maximum atomic E-state index is 13.0. The zero-order valence-electron chi connectivity index (χ0n) is 18.7. The van der Waals surface area contributed by atoms with Gasteiger partial charge in [-0.25, -0.2) is 0 Å². The number of rotatable bonds is 7. The van der Waals surface area contributed by atoms with Gasteiger partial charge in [0.15, 0.2) is 0 Å². The first-order chi connectivity index (χ1) is 15.4. The Labute approximate surface area is 187 Å². The lowest BCUT2D eigenvalue weighted by atomic mass is 9.83. The fraction of sp³-hybridized carbons (Fsp3) is 0.500. The summed E-state index contributed by atoms with van der Waals surface area (Å²) in [5.74, 6) is 0.251. The van der Waals surface area contributed by atoms with Crippen molar-refractivity contribution in [3.63, 3.8) is 0 Å². The molecule has 0 saturated carbocycles. The van der Waals surface area contributed by atoms with Crippen molar-refractivity contribution in [2.45, 2.75) is 45.6 Å². The first-order valence-electron chi connectivity index (χ1n) is 11.4. The first kappa shape index (κ1) is 22.0. The number of amides is 1. The smallest absolute Gasteiger partial charge is 0.293 e. The van der Waals surface area contributed by atoms with Crippen molar-refractivity contribution in [3.05, 3.63) is 68.1 Å². The monoisotopic (exact) mass is 438 g/mol. The predicted molar refractivity (Wildman–Crippen MR) is 123 cm³/mol. The molecule has 0 radical (unpaired) electrons. The van der Waals surface area contributed by atoms with Crippen molar-refractivity contribution >= 4 is 17.3 Å². The third-order valence-electron chi connectivity index (χ3n) is 6.51. The van der Waals surface area contributed by atoms with E-state index in [2.05, 4.69) is 4.90 Å². The molecule has 8 heteroatoms. The molecule has 2 aromatic rings. The molecule has 3 heterocycles. The third-order valence-corrected chi connectivity index (χ3v) is 6.51. The minimum atomic E-state index is -0.390. The number of fused-ring (bicyclic) bond motifs is 4. The van der Waals surface area contributed by atoms with Crippen LogP contribution < -0.4 is 10.5 Å². The van der Waals surface area contributed by atoms with E-state index >= 15 is 0 Å². The lowest BCUT2D eigenvalue weighted by Crippen LogP contribution is -2.47. The Kier molecular flexibility index (Phi) is 6.30. The molecule has 2 bridgehead atoms. The van der Waals surface area contributed by atoms with E-state index in [-0.39, 0.29) is 33.9 Å². The van der Waals surface area contributed by atoms with Gasteiger partial charge in [0.1, 0.15) is 5.69 Å². The molecule has 1 aromatic heterocycles. The zero-order valence-corrected chi connectivity index (χ0v) is 18.7. The molecule has 2 unspecified atom stereocenters. The fourth-order valence-electron chi connectivity index (χ4n) is 5.20. The normalized spacial score (nSPS) is 19.4. The highest BCUT2D eigenvalue weighted by molar-refractivity contribution is 5.95. The van der Waals surface area contributed by atoms with Crippen LogP contribution in [0.4, 0.5) is 11.4 Å². The SMILES string of the molecule is CCCN(CCC)C(=O)c1ccc(N2CC3CC(C2)c2cccc(=O)n2C3)c([N+](=O)[O-])c1. The zero-order chi connectivity index (χ0) is 22.8. The maximum Gasteiger partial charge on any atom is 0.293 e. The Hall–Kier alpha value is -3.16. The Bertz CT molecular complexity index is 1070. The van der Waals surface area contributed by atoms with Crippen LogP contribution >= 0.6 is 0 Å². The Balaban J connectivity index is 1.64. The van der Waals surface area contributed by atoms with Crippen molar-refractivity contribution in [2.75, 3.05) is 31.1 Å². The topological polar surface area (TPSA) is 88.7 Å². The number of nitro groups is 1. The van der Waals surface area contributed by atoms with Crippen LogP contribution in [0.2, 0.25) is 0 Å². The summed E-state index contributed by atoms with van der Waals surface area (Å²) >= 11 is 0. The molecule has 0 spiro atoms. The van der Waals surface area contributed by atoms with Crippen molar-refractivity contribution < 1.29 is 9.72 Å². The second-order valence-corrected chi connectivity index (χ2v) is 8.86. The molecular weight excluding hydrogens is 408 g/mol. The van der Waals surface area contributed by atoms with Crippen LogP contribution in [0.15, 0.2) is 41.2 Å². The standard InChI is InChI=1S/C24H30N4O4/c1-3-10-25(11-4-2)24(30)18-8-9-21(22(13-18)28(31)32)26-14-17-12-19(16-26)20-6-5-7-23(29)27(20)15-17/h5-9,13,17,19H,3-4,10-12,14-16H2,1-2H3. The Morgan fingerprint density at radius 1 is 1.12 bits per heavy atom. The van der Waals surface area contributed by atoms with E-state index in [1.807, 2.05) is 24.5 Å². The number of nitro benzene ring substituents is 1. The molecule has 8 nitrogen and oxygen atoms in total. The van der Waals surface area contributed by atoms with Crippen LogP contribution in [0.5, 0.6) is 0 Å². The third kappa shape index (κ3) is 4.13. The van der Waals surface area contributed by atoms with E-state index < -0.39 is 0 Å². The van der Waals surface area contributed by atoms with Gasteiger partial charge in [-0.15, -0.1) is 0 Å². The summed E-state index contributed by atoms with van der Waals surface area (Å²) < 4.78 is 1.85. The molecule has 1 fully saturated rings. The highest BCUT2D eigenvalue weighted by Crippen LogP contribution is 2.39. The molecule has 1 aromatic carbocycles. The Morgan fingerprint density at radius 2 is 1.88 bits per heavy atom. The van der Waals surface area contributed by atoms with Gasteiger partial charge in [-0.1, -0.05) is 19.9 Å². The quantitative estimate of drug-likeness (QED) is 0.486. The van der Waals surface area contributed by atoms with Crippen LogP contribution in [0.3, 0.4) is 0 Å². The van der Waals surface area contributed by atoms with E-state index in [1.54, 1.807) is 29.2 Å². The van der Waals surface area contributed by atoms with Gasteiger partial charge in [-0.05, 0) is 43.4 Å². The number of carbonyl (C=O) groups excluding carboxylic acids is 1. The predicted octanol–water partition coefficient (Wildman–Crippen LogP) is 3.64. The molecule has 4 rings (SSSR count). The van der Waals surface area contributed by atoms with Crippen molar-refractivity contribution in [3.8, 4) is 0 Å². The van der Waals surface area contributed by atoms with E-state index in [0.717, 1.165) is 25.0 Å². The second kappa shape index (κ2) is 9.14. The number of hydrogen-bond donors (Lipinski definition) is 0. The molecule has 1 amide bonds. The van der Waals surface area contributed by atoms with Gasteiger partial charge in [0.25, 0.3) is 17.2 Å². The maximum absolute atomic E-state index is 13.0. The van der Waals surface area contributed by atoms with Crippen LogP contribution in [0, 0.1) is 16.0 Å². The molecule has 2 aliphatic heterocycles. The molecule has 2 aliphatic rings. The van der Waals surface area contributed by atoms with Gasteiger partial charge in [-0.2, -0.15) is 0 Å². The van der Waals surface area contributed by atoms with Crippen LogP contribution in [-0.2, 0) is 6.54 Å². The summed E-state index contributed by atoms with van der Waals surface area (Å²) in [5.41, 5.74) is 1.89. The fourth-order valence-corrected chi connectivity index (χ4v) is 5.20. The summed E-state index contributed by atoms with van der Waals surface area (Å²) in [6, 6.07) is 10.2. The van der Waals surface area contributed by atoms with E-state index in [0.29, 0.717) is 44.0 Å². The minimum absolute atomic E-state index is 0.0169. The largest absolute Gasteiger partial charge is 0.365 e. The molecular formula is C24H30N4O4. The molecule has 170 valence electrons. The first-order valence-corrected chi connectivity index (χ1v) is 11.4. The summed E-state index contributed by atoms with van der Waals surface area (Å²) in [7, 11) is 0. The average Bonchev–Trinajstić information content (AvgIpc) is 2.78. The van der Waals surface area contributed by atoms with Crippen LogP contribution in [-0.4, -0.2) is 46.5 Å². The summed E-state index contributed by atoms with van der Waals surface area (Å²) in [5, 5.41) is 12.0.